The second kappa shape index (κ2) is 4.62. The Labute approximate surface area is 102 Å². The molecule has 0 radical (unpaired) electrons. The summed E-state index contributed by atoms with van der Waals surface area (Å²) < 4.78 is 1.55. The largest absolute Gasteiger partial charge is 0.481 e. The van der Waals surface area contributed by atoms with Crippen LogP contribution in [0, 0.1) is 6.92 Å². The van der Waals surface area contributed by atoms with Gasteiger partial charge in [-0.2, -0.15) is 0 Å². The van der Waals surface area contributed by atoms with Gasteiger partial charge in [0.15, 0.2) is 5.82 Å². The minimum Gasteiger partial charge on any atom is -0.481 e. The predicted molar refractivity (Wildman–Crippen MR) is 62.8 cm³/mol. The number of carboxylic acids is 1. The SMILES string of the molecule is Cc1ccc(-c2nnnn2C(C)CC(=O)O)s1. The molecular weight excluding hydrogens is 240 g/mol. The molecule has 0 aliphatic carbocycles. The number of aryl methyl sites for hydroxylation is 1. The van der Waals surface area contributed by atoms with Gasteiger partial charge in [-0.3, -0.25) is 4.79 Å². The van der Waals surface area contributed by atoms with E-state index in [-0.39, 0.29) is 12.5 Å². The predicted octanol–water partition coefficient (Wildman–Crippen LogP) is 1.75. The van der Waals surface area contributed by atoms with Gasteiger partial charge in [-0.25, -0.2) is 4.68 Å². The number of nitrogens with zero attached hydrogens (tertiary/aromatic N) is 4. The van der Waals surface area contributed by atoms with Crippen LogP contribution in [-0.4, -0.2) is 31.3 Å². The fraction of sp³-hybridized carbons (Fsp3) is 0.400. The standard InChI is InChI=1S/C10H12N4O2S/c1-6(5-9(15)16)14-10(11-12-13-14)8-4-3-7(2)17-8/h3-4,6H,5H2,1-2H3,(H,15,16). The fourth-order valence-electron chi connectivity index (χ4n) is 1.55. The molecule has 0 fully saturated rings. The smallest absolute Gasteiger partial charge is 0.305 e. The van der Waals surface area contributed by atoms with E-state index < -0.39 is 5.97 Å². The highest BCUT2D eigenvalue weighted by molar-refractivity contribution is 7.15. The third-order valence-corrected chi connectivity index (χ3v) is 3.34. The van der Waals surface area contributed by atoms with Crippen molar-refractivity contribution in [3.8, 4) is 10.7 Å². The molecule has 90 valence electrons. The first kappa shape index (κ1) is 11.7. The number of aliphatic carboxylic acids is 1. The molecule has 2 rings (SSSR count). The van der Waals surface area contributed by atoms with Gasteiger partial charge in [0, 0.05) is 4.88 Å². The van der Waals surface area contributed by atoms with E-state index in [9.17, 15) is 4.79 Å². The van der Waals surface area contributed by atoms with E-state index in [0.717, 1.165) is 4.88 Å². The number of carboxylic acid groups (broad SMARTS) is 1. The Morgan fingerprint density at radius 2 is 2.35 bits per heavy atom. The van der Waals surface area contributed by atoms with Crippen LogP contribution in [0.1, 0.15) is 24.3 Å². The maximum absolute atomic E-state index is 10.7. The summed E-state index contributed by atoms with van der Waals surface area (Å²) in [6.45, 7) is 3.79. The van der Waals surface area contributed by atoms with E-state index in [2.05, 4.69) is 15.5 Å². The molecule has 0 spiro atoms. The summed E-state index contributed by atoms with van der Waals surface area (Å²) in [5.74, 6) is -0.238. The highest BCUT2D eigenvalue weighted by Gasteiger charge is 2.17. The molecule has 0 saturated heterocycles. The number of hydrogen-bond acceptors (Lipinski definition) is 5. The van der Waals surface area contributed by atoms with Crippen molar-refractivity contribution in [2.24, 2.45) is 0 Å². The molecule has 0 aromatic carbocycles. The van der Waals surface area contributed by atoms with Crippen molar-refractivity contribution in [1.82, 2.24) is 20.2 Å². The van der Waals surface area contributed by atoms with Crippen LogP contribution in [0.15, 0.2) is 12.1 Å². The van der Waals surface area contributed by atoms with Crippen LogP contribution in [0.25, 0.3) is 10.7 Å². The van der Waals surface area contributed by atoms with Gasteiger partial charge in [-0.05, 0) is 36.4 Å². The van der Waals surface area contributed by atoms with Gasteiger partial charge in [0.05, 0.1) is 17.3 Å². The lowest BCUT2D eigenvalue weighted by molar-refractivity contribution is -0.137. The number of carbonyl (C=O) groups is 1. The first-order chi connectivity index (χ1) is 8.08. The summed E-state index contributed by atoms with van der Waals surface area (Å²) in [7, 11) is 0. The molecule has 0 saturated carbocycles. The Morgan fingerprint density at radius 3 is 2.94 bits per heavy atom. The number of rotatable bonds is 4. The van der Waals surface area contributed by atoms with E-state index in [1.807, 2.05) is 19.1 Å². The lowest BCUT2D eigenvalue weighted by Crippen LogP contribution is -2.13. The summed E-state index contributed by atoms with van der Waals surface area (Å²) in [5.41, 5.74) is 0. The quantitative estimate of drug-likeness (QED) is 0.896. The van der Waals surface area contributed by atoms with Crippen LogP contribution < -0.4 is 0 Å². The molecule has 1 atom stereocenters. The average molecular weight is 252 g/mol. The lowest BCUT2D eigenvalue weighted by atomic mass is 10.2. The van der Waals surface area contributed by atoms with Crippen LogP contribution in [0.3, 0.4) is 0 Å². The van der Waals surface area contributed by atoms with Crippen molar-refractivity contribution in [2.45, 2.75) is 26.3 Å². The van der Waals surface area contributed by atoms with Crippen LogP contribution in [0.2, 0.25) is 0 Å². The Bertz CT molecular complexity index is 534. The highest BCUT2D eigenvalue weighted by atomic mass is 32.1. The van der Waals surface area contributed by atoms with Gasteiger partial charge in [-0.1, -0.05) is 0 Å². The van der Waals surface area contributed by atoms with Crippen molar-refractivity contribution >= 4 is 17.3 Å². The second-order valence-electron chi connectivity index (χ2n) is 3.80. The molecule has 0 aliphatic heterocycles. The molecule has 0 bridgehead atoms. The number of thiophene rings is 1. The number of hydrogen-bond donors (Lipinski definition) is 1. The van der Waals surface area contributed by atoms with Crippen LogP contribution in [0.5, 0.6) is 0 Å². The second-order valence-corrected chi connectivity index (χ2v) is 5.09. The zero-order valence-corrected chi connectivity index (χ0v) is 10.3. The Hall–Kier alpha value is -1.76. The topological polar surface area (TPSA) is 80.9 Å². The van der Waals surface area contributed by atoms with Gasteiger partial charge in [0.2, 0.25) is 0 Å². The van der Waals surface area contributed by atoms with Gasteiger partial charge < -0.3 is 5.11 Å². The molecule has 0 aliphatic rings. The van der Waals surface area contributed by atoms with Gasteiger partial charge in [0.25, 0.3) is 0 Å². The molecule has 7 heteroatoms. The third kappa shape index (κ3) is 2.50. The molecular formula is C10H12N4O2S. The third-order valence-electron chi connectivity index (χ3n) is 2.34. The van der Waals surface area contributed by atoms with Gasteiger partial charge in [-0.15, -0.1) is 16.4 Å². The summed E-state index contributed by atoms with van der Waals surface area (Å²) >= 11 is 1.59. The monoisotopic (exact) mass is 252 g/mol. The molecule has 1 unspecified atom stereocenters. The molecule has 2 aromatic heterocycles. The van der Waals surface area contributed by atoms with E-state index in [1.165, 1.54) is 4.88 Å². The van der Waals surface area contributed by atoms with E-state index in [0.29, 0.717) is 5.82 Å². The molecule has 0 amide bonds. The van der Waals surface area contributed by atoms with E-state index in [4.69, 9.17) is 5.11 Å². The van der Waals surface area contributed by atoms with E-state index >= 15 is 0 Å². The van der Waals surface area contributed by atoms with Gasteiger partial charge >= 0.3 is 5.97 Å². The first-order valence-corrected chi connectivity index (χ1v) is 5.96. The van der Waals surface area contributed by atoms with Crippen molar-refractivity contribution in [3.63, 3.8) is 0 Å². The minimum absolute atomic E-state index is 0.00238. The summed E-state index contributed by atoms with van der Waals surface area (Å²) in [4.78, 5) is 12.8. The normalized spacial score (nSPS) is 12.6. The first-order valence-electron chi connectivity index (χ1n) is 5.14. The Kier molecular flexibility index (Phi) is 3.19. The molecule has 6 nitrogen and oxygen atoms in total. The maximum Gasteiger partial charge on any atom is 0.305 e. The highest BCUT2D eigenvalue weighted by Crippen LogP contribution is 2.27. The van der Waals surface area contributed by atoms with Crippen LogP contribution in [-0.2, 0) is 4.79 Å². The lowest BCUT2D eigenvalue weighted by Gasteiger charge is -2.09. The van der Waals surface area contributed by atoms with E-state index in [1.54, 1.807) is 22.9 Å². The summed E-state index contributed by atoms with van der Waals surface area (Å²) in [5, 5.41) is 20.2. The number of tetrazole rings is 1. The summed E-state index contributed by atoms with van der Waals surface area (Å²) in [6, 6.07) is 3.66. The molecule has 2 heterocycles. The van der Waals surface area contributed by atoms with Crippen molar-refractivity contribution in [1.29, 1.82) is 0 Å². The summed E-state index contributed by atoms with van der Waals surface area (Å²) in [6.07, 6.45) is 0.00238. The molecule has 17 heavy (non-hydrogen) atoms. The average Bonchev–Trinajstić information content (AvgIpc) is 2.83. The zero-order valence-electron chi connectivity index (χ0n) is 9.49. The number of aromatic nitrogens is 4. The fourth-order valence-corrected chi connectivity index (χ4v) is 2.39. The zero-order chi connectivity index (χ0) is 12.4. The maximum atomic E-state index is 10.7. The minimum atomic E-state index is -0.860. The van der Waals surface area contributed by atoms with Gasteiger partial charge in [0.1, 0.15) is 0 Å². The van der Waals surface area contributed by atoms with Crippen molar-refractivity contribution < 1.29 is 9.90 Å². The molecule has 1 N–H and O–H groups in total. The Morgan fingerprint density at radius 1 is 1.59 bits per heavy atom. The molecule has 2 aromatic rings. The van der Waals surface area contributed by atoms with Crippen molar-refractivity contribution in [2.75, 3.05) is 0 Å². The Balaban J connectivity index is 2.31. The van der Waals surface area contributed by atoms with Crippen LogP contribution >= 0.6 is 11.3 Å². The van der Waals surface area contributed by atoms with Crippen LogP contribution in [0.4, 0.5) is 0 Å². The van der Waals surface area contributed by atoms with Crippen molar-refractivity contribution in [3.05, 3.63) is 17.0 Å².